The van der Waals surface area contributed by atoms with Crippen LogP contribution in [0.15, 0.2) is 65.5 Å². The first-order valence-electron chi connectivity index (χ1n) is 11.2. The second-order valence-electron chi connectivity index (χ2n) is 8.69. The SMILES string of the molecule is Cc1[nH]c2c(C(=O)NC[C@H](C)Oc3cccc(CN(C)Cc4ccoc4)c3)cccc2c1C. The van der Waals surface area contributed by atoms with Crippen molar-refractivity contribution in [2.75, 3.05) is 13.6 Å². The van der Waals surface area contributed by atoms with Crippen molar-refractivity contribution in [2.24, 2.45) is 0 Å². The van der Waals surface area contributed by atoms with Gasteiger partial charge in [0.15, 0.2) is 0 Å². The molecule has 6 nitrogen and oxygen atoms in total. The number of nitrogens with one attached hydrogen (secondary N) is 2. The van der Waals surface area contributed by atoms with Crippen LogP contribution in [0.1, 0.15) is 39.7 Å². The van der Waals surface area contributed by atoms with Gasteiger partial charge in [0.05, 0.1) is 30.2 Å². The summed E-state index contributed by atoms with van der Waals surface area (Å²) in [6.07, 6.45) is 3.29. The van der Waals surface area contributed by atoms with Crippen molar-refractivity contribution in [3.63, 3.8) is 0 Å². The minimum atomic E-state index is -0.167. The Labute approximate surface area is 194 Å². The number of carbonyl (C=O) groups excluding carboxylic acids is 1. The van der Waals surface area contributed by atoms with Crippen molar-refractivity contribution in [1.82, 2.24) is 15.2 Å². The molecule has 1 amide bonds. The molecule has 6 heteroatoms. The average Bonchev–Trinajstić information content (AvgIpc) is 3.40. The maximum atomic E-state index is 12.8. The first-order valence-corrected chi connectivity index (χ1v) is 11.2. The summed E-state index contributed by atoms with van der Waals surface area (Å²) in [6, 6.07) is 15.9. The summed E-state index contributed by atoms with van der Waals surface area (Å²) in [6.45, 7) is 8.08. The Kier molecular flexibility index (Phi) is 6.84. The lowest BCUT2D eigenvalue weighted by Gasteiger charge is -2.18. The van der Waals surface area contributed by atoms with Crippen molar-refractivity contribution >= 4 is 16.8 Å². The fourth-order valence-corrected chi connectivity index (χ4v) is 4.06. The first kappa shape index (κ1) is 22.7. The molecule has 1 atom stereocenters. The highest BCUT2D eigenvalue weighted by atomic mass is 16.5. The van der Waals surface area contributed by atoms with Crippen LogP contribution in [-0.2, 0) is 13.1 Å². The number of aryl methyl sites for hydroxylation is 2. The number of hydrogen-bond donors (Lipinski definition) is 2. The van der Waals surface area contributed by atoms with Gasteiger partial charge in [-0.25, -0.2) is 0 Å². The van der Waals surface area contributed by atoms with E-state index in [0.29, 0.717) is 12.1 Å². The van der Waals surface area contributed by atoms with Crippen LogP contribution in [0.4, 0.5) is 0 Å². The van der Waals surface area contributed by atoms with Crippen LogP contribution >= 0.6 is 0 Å². The number of H-pyrrole nitrogens is 1. The third-order valence-electron chi connectivity index (χ3n) is 5.86. The highest BCUT2D eigenvalue weighted by Crippen LogP contribution is 2.24. The molecule has 4 aromatic rings. The highest BCUT2D eigenvalue weighted by molar-refractivity contribution is 6.06. The fraction of sp³-hybridized carbons (Fsp3) is 0.296. The van der Waals surface area contributed by atoms with E-state index in [4.69, 9.17) is 9.15 Å². The summed E-state index contributed by atoms with van der Waals surface area (Å²) >= 11 is 0. The predicted molar refractivity (Wildman–Crippen MR) is 131 cm³/mol. The number of nitrogens with zero attached hydrogens (tertiary/aromatic N) is 1. The zero-order chi connectivity index (χ0) is 23.4. The monoisotopic (exact) mass is 445 g/mol. The zero-order valence-corrected chi connectivity index (χ0v) is 19.6. The van der Waals surface area contributed by atoms with E-state index in [1.807, 2.05) is 50.2 Å². The Bertz CT molecular complexity index is 1230. The number of fused-ring (bicyclic) bond motifs is 1. The van der Waals surface area contributed by atoms with Gasteiger partial charge in [-0.05, 0) is 63.2 Å². The summed E-state index contributed by atoms with van der Waals surface area (Å²) in [7, 11) is 2.08. The largest absolute Gasteiger partial charge is 0.489 e. The van der Waals surface area contributed by atoms with Crippen molar-refractivity contribution < 1.29 is 13.9 Å². The maximum absolute atomic E-state index is 12.8. The molecule has 0 radical (unpaired) electrons. The third-order valence-corrected chi connectivity index (χ3v) is 5.86. The number of aromatic nitrogens is 1. The minimum Gasteiger partial charge on any atom is -0.489 e. The maximum Gasteiger partial charge on any atom is 0.253 e. The summed E-state index contributed by atoms with van der Waals surface area (Å²) in [4.78, 5) is 18.4. The third kappa shape index (κ3) is 5.46. The van der Waals surface area contributed by atoms with E-state index in [0.717, 1.165) is 41.0 Å². The number of aromatic amines is 1. The van der Waals surface area contributed by atoms with Crippen molar-refractivity contribution in [3.05, 3.63) is 89.0 Å². The molecule has 0 saturated carbocycles. The molecule has 0 saturated heterocycles. The molecule has 0 fully saturated rings. The Morgan fingerprint density at radius 2 is 1.91 bits per heavy atom. The standard InChI is InChI=1S/C27H31N3O3/c1-18(14-28-27(31)25-10-6-9-24-19(2)20(3)29-26(24)25)33-23-8-5-7-21(13-23)15-30(4)16-22-11-12-32-17-22/h5-13,17-18,29H,14-16H2,1-4H3,(H,28,31)/t18-/m0/s1. The van der Waals surface area contributed by atoms with Crippen LogP contribution in [0.5, 0.6) is 5.75 Å². The number of furan rings is 1. The van der Waals surface area contributed by atoms with E-state index in [1.165, 1.54) is 11.1 Å². The van der Waals surface area contributed by atoms with Crippen LogP contribution in [0.25, 0.3) is 10.9 Å². The molecule has 2 aromatic heterocycles. The summed E-state index contributed by atoms with van der Waals surface area (Å²) in [5.41, 5.74) is 6.10. The lowest BCUT2D eigenvalue weighted by Crippen LogP contribution is -2.33. The molecule has 0 unspecified atom stereocenters. The zero-order valence-electron chi connectivity index (χ0n) is 19.6. The van der Waals surface area contributed by atoms with Gasteiger partial charge in [0, 0.05) is 29.7 Å². The smallest absolute Gasteiger partial charge is 0.253 e. The molecule has 0 bridgehead atoms. The van der Waals surface area contributed by atoms with Gasteiger partial charge >= 0.3 is 0 Å². The second kappa shape index (κ2) is 9.96. The van der Waals surface area contributed by atoms with E-state index in [1.54, 1.807) is 12.5 Å². The molecule has 2 aromatic carbocycles. The number of carbonyl (C=O) groups is 1. The molecular formula is C27H31N3O3. The lowest BCUT2D eigenvalue weighted by atomic mass is 10.1. The van der Waals surface area contributed by atoms with Crippen molar-refractivity contribution in [3.8, 4) is 5.75 Å². The summed E-state index contributed by atoms with van der Waals surface area (Å²) in [5.74, 6) is 0.690. The van der Waals surface area contributed by atoms with E-state index < -0.39 is 0 Å². The van der Waals surface area contributed by atoms with Crippen molar-refractivity contribution in [1.29, 1.82) is 0 Å². The molecule has 0 aliphatic rings. The van der Waals surface area contributed by atoms with E-state index >= 15 is 0 Å². The number of hydrogen-bond acceptors (Lipinski definition) is 4. The van der Waals surface area contributed by atoms with E-state index in [2.05, 4.69) is 41.3 Å². The Balaban J connectivity index is 1.33. The molecule has 172 valence electrons. The van der Waals surface area contributed by atoms with Gasteiger partial charge in [0.1, 0.15) is 11.9 Å². The van der Waals surface area contributed by atoms with Gasteiger partial charge in [-0.1, -0.05) is 24.3 Å². The van der Waals surface area contributed by atoms with Crippen LogP contribution in [0.2, 0.25) is 0 Å². The summed E-state index contributed by atoms with van der Waals surface area (Å²) < 4.78 is 11.2. The van der Waals surface area contributed by atoms with E-state index in [9.17, 15) is 4.79 Å². The number of para-hydroxylation sites is 1. The topological polar surface area (TPSA) is 70.5 Å². The Morgan fingerprint density at radius 1 is 1.12 bits per heavy atom. The average molecular weight is 446 g/mol. The van der Waals surface area contributed by atoms with Crippen LogP contribution in [0.3, 0.4) is 0 Å². The highest BCUT2D eigenvalue weighted by Gasteiger charge is 2.15. The number of benzene rings is 2. The molecule has 33 heavy (non-hydrogen) atoms. The van der Waals surface area contributed by atoms with Gasteiger partial charge in [0.2, 0.25) is 0 Å². The number of ether oxygens (including phenoxy) is 1. The number of rotatable bonds is 9. The van der Waals surface area contributed by atoms with Crippen LogP contribution in [0, 0.1) is 13.8 Å². The fourth-order valence-electron chi connectivity index (χ4n) is 4.06. The molecule has 0 aliphatic heterocycles. The molecular weight excluding hydrogens is 414 g/mol. The van der Waals surface area contributed by atoms with Gasteiger partial charge in [0.25, 0.3) is 5.91 Å². The number of amides is 1. The first-order chi connectivity index (χ1) is 15.9. The minimum absolute atomic E-state index is 0.105. The normalized spacial score (nSPS) is 12.3. The van der Waals surface area contributed by atoms with Gasteiger partial charge in [-0.3, -0.25) is 9.69 Å². The molecule has 2 N–H and O–H groups in total. The van der Waals surface area contributed by atoms with E-state index in [-0.39, 0.29) is 12.0 Å². The second-order valence-corrected chi connectivity index (χ2v) is 8.69. The van der Waals surface area contributed by atoms with Crippen molar-refractivity contribution in [2.45, 2.75) is 40.0 Å². The molecule has 2 heterocycles. The Hall–Kier alpha value is -3.51. The molecule has 0 aliphatic carbocycles. The molecule has 0 spiro atoms. The van der Waals surface area contributed by atoms with Gasteiger partial charge in [-0.2, -0.15) is 0 Å². The lowest BCUT2D eigenvalue weighted by molar-refractivity contribution is 0.0933. The summed E-state index contributed by atoms with van der Waals surface area (Å²) in [5, 5.41) is 4.09. The predicted octanol–water partition coefficient (Wildman–Crippen LogP) is 5.21. The van der Waals surface area contributed by atoms with Gasteiger partial charge < -0.3 is 19.5 Å². The molecule has 4 rings (SSSR count). The van der Waals surface area contributed by atoms with Crippen LogP contribution in [-0.4, -0.2) is 35.5 Å². The quantitative estimate of drug-likeness (QED) is 0.371. The van der Waals surface area contributed by atoms with Crippen LogP contribution < -0.4 is 10.1 Å². The Morgan fingerprint density at radius 3 is 2.70 bits per heavy atom. The van der Waals surface area contributed by atoms with Gasteiger partial charge in [-0.15, -0.1) is 0 Å².